The lowest BCUT2D eigenvalue weighted by atomic mass is 10.2. The van der Waals surface area contributed by atoms with E-state index in [1.807, 2.05) is 30.5 Å². The quantitative estimate of drug-likeness (QED) is 0.597. The Kier molecular flexibility index (Phi) is 6.14. The number of rotatable bonds is 7. The molecular weight excluding hydrogens is 418 g/mol. The van der Waals surface area contributed by atoms with Crippen molar-refractivity contribution in [2.45, 2.75) is 24.6 Å². The molecule has 0 unspecified atom stereocenters. The van der Waals surface area contributed by atoms with Crippen molar-refractivity contribution in [1.82, 2.24) is 8.87 Å². The zero-order valence-corrected chi connectivity index (χ0v) is 18.2. The van der Waals surface area contributed by atoms with E-state index < -0.39 is 15.9 Å². The van der Waals surface area contributed by atoms with Crippen LogP contribution in [0.25, 0.3) is 10.9 Å². The Morgan fingerprint density at radius 1 is 1.25 bits per heavy atom. The third-order valence-electron chi connectivity index (χ3n) is 4.20. The molecule has 3 rings (SSSR count). The third-order valence-corrected chi connectivity index (χ3v) is 7.70. The molecule has 2 heterocycles. The summed E-state index contributed by atoms with van der Waals surface area (Å²) in [7, 11) is -2.37. The van der Waals surface area contributed by atoms with E-state index in [0.29, 0.717) is 15.9 Å². The first-order chi connectivity index (χ1) is 13.2. The Bertz CT molecular complexity index is 1100. The zero-order valence-electron chi connectivity index (χ0n) is 15.8. The molecule has 1 amide bonds. The van der Waals surface area contributed by atoms with Gasteiger partial charge in [-0.05, 0) is 42.3 Å². The first-order valence-electron chi connectivity index (χ1n) is 8.77. The van der Waals surface area contributed by atoms with Gasteiger partial charge >= 0.3 is 0 Å². The molecule has 9 heteroatoms. The van der Waals surface area contributed by atoms with Crippen molar-refractivity contribution in [1.29, 1.82) is 0 Å². The maximum atomic E-state index is 12.5. The van der Waals surface area contributed by atoms with Crippen LogP contribution in [0, 0.1) is 5.92 Å². The van der Waals surface area contributed by atoms with E-state index in [1.165, 1.54) is 19.2 Å². The van der Waals surface area contributed by atoms with Gasteiger partial charge in [0.05, 0.1) is 10.9 Å². The molecule has 0 aliphatic heterocycles. The van der Waals surface area contributed by atoms with Gasteiger partial charge in [0.25, 0.3) is 10.0 Å². The number of amides is 1. The molecule has 0 bridgehead atoms. The maximum Gasteiger partial charge on any atom is 0.252 e. The number of anilines is 1. The van der Waals surface area contributed by atoms with Gasteiger partial charge in [0, 0.05) is 36.4 Å². The Morgan fingerprint density at radius 2 is 2.00 bits per heavy atom. The first kappa shape index (κ1) is 20.9. The zero-order chi connectivity index (χ0) is 20.5. The molecule has 28 heavy (non-hydrogen) atoms. The average molecular weight is 440 g/mol. The Morgan fingerprint density at radius 3 is 2.64 bits per heavy atom. The predicted octanol–water partition coefficient (Wildman–Crippen LogP) is 4.27. The highest BCUT2D eigenvalue weighted by atomic mass is 35.5. The number of nitrogens with one attached hydrogen (secondary N) is 1. The monoisotopic (exact) mass is 439 g/mol. The van der Waals surface area contributed by atoms with Crippen molar-refractivity contribution in [3.63, 3.8) is 0 Å². The van der Waals surface area contributed by atoms with Crippen molar-refractivity contribution < 1.29 is 13.2 Å². The molecule has 1 N–H and O–H groups in total. The van der Waals surface area contributed by atoms with Crippen LogP contribution < -0.4 is 5.32 Å². The SMILES string of the molecule is CC(C)Cn1ccc2cc(NC(=O)CN(C)S(=O)(=O)c3ccc(Cl)s3)ccc21. The van der Waals surface area contributed by atoms with Crippen LogP contribution in [0.15, 0.2) is 46.8 Å². The summed E-state index contributed by atoms with van der Waals surface area (Å²) in [4.78, 5) is 12.3. The number of halogens is 1. The molecule has 0 fully saturated rings. The van der Waals surface area contributed by atoms with E-state index >= 15 is 0 Å². The van der Waals surface area contributed by atoms with Crippen molar-refractivity contribution in [3.8, 4) is 0 Å². The summed E-state index contributed by atoms with van der Waals surface area (Å²) in [6.45, 7) is 4.96. The Balaban J connectivity index is 1.69. The van der Waals surface area contributed by atoms with Crippen molar-refractivity contribution in [2.75, 3.05) is 18.9 Å². The largest absolute Gasteiger partial charge is 0.347 e. The molecule has 3 aromatic rings. The van der Waals surface area contributed by atoms with Gasteiger partial charge in [-0.2, -0.15) is 4.31 Å². The molecular formula is C19H22ClN3O3S2. The van der Waals surface area contributed by atoms with E-state index in [9.17, 15) is 13.2 Å². The lowest BCUT2D eigenvalue weighted by Gasteiger charge is -2.16. The maximum absolute atomic E-state index is 12.5. The van der Waals surface area contributed by atoms with E-state index in [4.69, 9.17) is 11.6 Å². The summed E-state index contributed by atoms with van der Waals surface area (Å²) in [6.07, 6.45) is 2.03. The molecule has 6 nitrogen and oxygen atoms in total. The molecule has 0 radical (unpaired) electrons. The number of fused-ring (bicyclic) bond motifs is 1. The van der Waals surface area contributed by atoms with Crippen molar-refractivity contribution in [2.24, 2.45) is 5.92 Å². The van der Waals surface area contributed by atoms with Gasteiger partial charge in [0.2, 0.25) is 5.91 Å². The van der Waals surface area contributed by atoms with Gasteiger partial charge in [-0.1, -0.05) is 25.4 Å². The second-order valence-corrected chi connectivity index (χ2v) is 11.0. The number of sulfonamides is 1. The number of likely N-dealkylation sites (N-methyl/N-ethyl adjacent to an activating group) is 1. The smallest absolute Gasteiger partial charge is 0.252 e. The molecule has 1 aromatic carbocycles. The van der Waals surface area contributed by atoms with E-state index in [2.05, 4.69) is 23.7 Å². The average Bonchev–Trinajstić information content (AvgIpc) is 3.21. The fourth-order valence-electron chi connectivity index (χ4n) is 2.91. The number of aromatic nitrogens is 1. The van der Waals surface area contributed by atoms with Gasteiger partial charge in [0.1, 0.15) is 4.21 Å². The molecule has 0 atom stereocenters. The minimum atomic E-state index is -3.75. The summed E-state index contributed by atoms with van der Waals surface area (Å²) in [6, 6.07) is 10.6. The van der Waals surface area contributed by atoms with Gasteiger partial charge in [-0.25, -0.2) is 8.42 Å². The number of carbonyl (C=O) groups excluding carboxylic acids is 1. The summed E-state index contributed by atoms with van der Waals surface area (Å²) in [5.74, 6) is 0.125. The molecule has 2 aromatic heterocycles. The van der Waals surface area contributed by atoms with Gasteiger partial charge in [-0.15, -0.1) is 11.3 Å². The highest BCUT2D eigenvalue weighted by Crippen LogP contribution is 2.27. The first-order valence-corrected chi connectivity index (χ1v) is 11.4. The minimum absolute atomic E-state index is 0.112. The number of nitrogens with zero attached hydrogens (tertiary/aromatic N) is 2. The van der Waals surface area contributed by atoms with Crippen LogP contribution in [0.2, 0.25) is 4.34 Å². The summed E-state index contributed by atoms with van der Waals surface area (Å²) < 4.78 is 28.7. The molecule has 0 saturated heterocycles. The molecule has 0 spiro atoms. The Labute approximate surface area is 173 Å². The van der Waals surface area contributed by atoms with Crippen LogP contribution >= 0.6 is 22.9 Å². The van der Waals surface area contributed by atoms with Crippen LogP contribution in [0.4, 0.5) is 5.69 Å². The van der Waals surface area contributed by atoms with Gasteiger partial charge < -0.3 is 9.88 Å². The fraction of sp³-hybridized carbons (Fsp3) is 0.316. The highest BCUT2D eigenvalue weighted by molar-refractivity contribution is 7.91. The standard InChI is InChI=1S/C19H22ClN3O3S2/c1-13(2)11-23-9-8-14-10-15(4-5-16(14)23)21-18(24)12-22(3)28(25,26)19-7-6-17(20)27-19/h4-10,13H,11-12H2,1-3H3,(H,21,24). The van der Waals surface area contributed by atoms with E-state index in [-0.39, 0.29) is 10.8 Å². The molecule has 0 aliphatic carbocycles. The van der Waals surface area contributed by atoms with Crippen LogP contribution in [0.1, 0.15) is 13.8 Å². The number of thiophene rings is 1. The van der Waals surface area contributed by atoms with E-state index in [1.54, 1.807) is 0 Å². The fourth-order valence-corrected chi connectivity index (χ4v) is 5.73. The highest BCUT2D eigenvalue weighted by Gasteiger charge is 2.24. The number of carbonyl (C=O) groups is 1. The van der Waals surface area contributed by atoms with Gasteiger partial charge in [-0.3, -0.25) is 4.79 Å². The van der Waals surface area contributed by atoms with Crippen molar-refractivity contribution in [3.05, 3.63) is 46.9 Å². The second-order valence-electron chi connectivity index (χ2n) is 7.00. The predicted molar refractivity (Wildman–Crippen MR) is 115 cm³/mol. The molecule has 0 aliphatic rings. The van der Waals surface area contributed by atoms with Crippen LogP contribution in [0.5, 0.6) is 0 Å². The number of hydrogen-bond donors (Lipinski definition) is 1. The third kappa shape index (κ3) is 4.57. The lowest BCUT2D eigenvalue weighted by molar-refractivity contribution is -0.116. The van der Waals surface area contributed by atoms with E-state index in [0.717, 1.165) is 33.1 Å². The molecule has 0 saturated carbocycles. The summed E-state index contributed by atoms with van der Waals surface area (Å²) >= 11 is 6.78. The summed E-state index contributed by atoms with van der Waals surface area (Å²) in [5, 5.41) is 3.79. The van der Waals surface area contributed by atoms with Gasteiger partial charge in [0.15, 0.2) is 0 Å². The van der Waals surface area contributed by atoms with Crippen molar-refractivity contribution >= 4 is 55.5 Å². The minimum Gasteiger partial charge on any atom is -0.347 e. The van der Waals surface area contributed by atoms with Crippen LogP contribution in [0.3, 0.4) is 0 Å². The number of benzene rings is 1. The summed E-state index contributed by atoms with van der Waals surface area (Å²) in [5.41, 5.74) is 1.73. The van der Waals surface area contributed by atoms with Crippen LogP contribution in [-0.4, -0.2) is 36.8 Å². The Hall–Kier alpha value is -1.87. The second kappa shape index (κ2) is 8.24. The topological polar surface area (TPSA) is 71.4 Å². The number of hydrogen-bond acceptors (Lipinski definition) is 4. The normalized spacial score (nSPS) is 12.2. The molecule has 150 valence electrons. The van der Waals surface area contributed by atoms with Crippen LogP contribution in [-0.2, 0) is 21.4 Å². The lowest BCUT2D eigenvalue weighted by Crippen LogP contribution is -2.34.